The normalized spacial score (nSPS) is 11.7. The fraction of sp³-hybridized carbons (Fsp3) is 0.400. The van der Waals surface area contributed by atoms with Crippen molar-refractivity contribution in [3.05, 3.63) is 30.1 Å². The Morgan fingerprint density at radius 3 is 2.39 bits per heavy atom. The van der Waals surface area contributed by atoms with Crippen molar-refractivity contribution in [2.75, 3.05) is 5.75 Å². The minimum Gasteiger partial charge on any atom is -0.344 e. The van der Waals surface area contributed by atoms with Crippen LogP contribution in [-0.2, 0) is 14.4 Å². The number of hydrogen-bond acceptors (Lipinski definition) is 4. The van der Waals surface area contributed by atoms with Gasteiger partial charge in [0.1, 0.15) is 11.9 Å². The zero-order valence-electron chi connectivity index (χ0n) is 13.2. The predicted octanol–water partition coefficient (Wildman–Crippen LogP) is 1.23. The van der Waals surface area contributed by atoms with E-state index in [1.165, 1.54) is 13.0 Å². The molecule has 6 nitrogen and oxygen atoms in total. The van der Waals surface area contributed by atoms with E-state index < -0.39 is 23.7 Å². The van der Waals surface area contributed by atoms with Gasteiger partial charge in [0.15, 0.2) is 0 Å². The number of nitrogens with one attached hydrogen (secondary N) is 3. The van der Waals surface area contributed by atoms with Gasteiger partial charge in [-0.3, -0.25) is 25.2 Å². The second kappa shape index (κ2) is 9.14. The first kappa shape index (κ1) is 19.0. The van der Waals surface area contributed by atoms with Crippen LogP contribution in [-0.4, -0.2) is 29.5 Å². The molecule has 3 N–H and O–H groups in total. The van der Waals surface area contributed by atoms with Crippen molar-refractivity contribution in [1.29, 1.82) is 0 Å². The molecule has 1 atom stereocenters. The van der Waals surface area contributed by atoms with E-state index in [1.807, 2.05) is 0 Å². The monoisotopic (exact) mass is 341 g/mol. The second-order valence-electron chi connectivity index (χ2n) is 5.18. The highest BCUT2D eigenvalue weighted by molar-refractivity contribution is 8.00. The van der Waals surface area contributed by atoms with Crippen molar-refractivity contribution in [3.63, 3.8) is 0 Å². The molecule has 0 saturated carbocycles. The average Bonchev–Trinajstić information content (AvgIpc) is 2.49. The number of rotatable bonds is 6. The molecule has 0 heterocycles. The van der Waals surface area contributed by atoms with Gasteiger partial charge in [-0.2, -0.15) is 0 Å². The Morgan fingerprint density at radius 1 is 1.17 bits per heavy atom. The molecule has 0 radical (unpaired) electrons. The number of benzene rings is 1. The summed E-state index contributed by atoms with van der Waals surface area (Å²) in [4.78, 5) is 35.1. The van der Waals surface area contributed by atoms with E-state index >= 15 is 0 Å². The lowest BCUT2D eigenvalue weighted by Gasteiger charge is -2.20. The summed E-state index contributed by atoms with van der Waals surface area (Å²) in [5.74, 6) is -1.91. The highest BCUT2D eigenvalue weighted by Gasteiger charge is 2.23. The lowest BCUT2D eigenvalue weighted by molar-refractivity contribution is -0.132. The van der Waals surface area contributed by atoms with Gasteiger partial charge in [-0.15, -0.1) is 11.8 Å². The molecule has 1 unspecified atom stereocenters. The molecular weight excluding hydrogens is 321 g/mol. The van der Waals surface area contributed by atoms with Gasteiger partial charge in [0, 0.05) is 11.8 Å². The van der Waals surface area contributed by atoms with Crippen LogP contribution in [0.3, 0.4) is 0 Å². The summed E-state index contributed by atoms with van der Waals surface area (Å²) < 4.78 is 13.4. The number of carbonyl (C=O) groups is 3. The van der Waals surface area contributed by atoms with Crippen LogP contribution in [0.25, 0.3) is 0 Å². The van der Waals surface area contributed by atoms with Crippen LogP contribution in [0.5, 0.6) is 0 Å². The van der Waals surface area contributed by atoms with E-state index in [9.17, 15) is 18.8 Å². The largest absolute Gasteiger partial charge is 0.344 e. The van der Waals surface area contributed by atoms with Gasteiger partial charge in [0.05, 0.1) is 5.75 Å². The fourth-order valence-corrected chi connectivity index (χ4v) is 2.44. The molecule has 0 aromatic heterocycles. The molecule has 0 bridgehead atoms. The number of hydrazine groups is 1. The SMILES string of the molecule is CC(=O)NC(C(=O)NNC(=O)CSc1ccccc1F)C(C)C. The smallest absolute Gasteiger partial charge is 0.261 e. The van der Waals surface area contributed by atoms with Gasteiger partial charge < -0.3 is 5.32 Å². The summed E-state index contributed by atoms with van der Waals surface area (Å²) in [5, 5.41) is 2.51. The zero-order chi connectivity index (χ0) is 17.4. The van der Waals surface area contributed by atoms with Crippen LogP contribution >= 0.6 is 11.8 Å². The summed E-state index contributed by atoms with van der Waals surface area (Å²) >= 11 is 1.02. The standard InChI is InChI=1S/C15H20FN3O3S/c1-9(2)14(17-10(3)20)15(22)19-18-13(21)8-23-12-7-5-4-6-11(12)16/h4-7,9,14H,8H2,1-3H3,(H,17,20)(H,18,21)(H,19,22). The summed E-state index contributed by atoms with van der Waals surface area (Å²) in [7, 11) is 0. The third-order valence-corrected chi connectivity index (χ3v) is 3.88. The van der Waals surface area contributed by atoms with Gasteiger partial charge >= 0.3 is 0 Å². The third-order valence-electron chi connectivity index (χ3n) is 2.83. The molecule has 1 aromatic carbocycles. The van der Waals surface area contributed by atoms with Gasteiger partial charge in [-0.1, -0.05) is 26.0 Å². The first-order valence-electron chi connectivity index (χ1n) is 7.04. The van der Waals surface area contributed by atoms with Crippen molar-refractivity contribution in [1.82, 2.24) is 16.2 Å². The van der Waals surface area contributed by atoms with Crippen LogP contribution in [0.4, 0.5) is 4.39 Å². The summed E-state index contributed by atoms with van der Waals surface area (Å²) in [6, 6.07) is 5.37. The molecule has 0 aliphatic carbocycles. The van der Waals surface area contributed by atoms with Gasteiger partial charge in [0.2, 0.25) is 11.8 Å². The Bertz CT molecular complexity index is 581. The third kappa shape index (κ3) is 6.68. The molecule has 0 saturated heterocycles. The van der Waals surface area contributed by atoms with Gasteiger partial charge in [-0.05, 0) is 18.1 Å². The fourth-order valence-electron chi connectivity index (χ4n) is 1.70. The van der Waals surface area contributed by atoms with Gasteiger partial charge in [0.25, 0.3) is 5.91 Å². The lowest BCUT2D eigenvalue weighted by Crippen LogP contribution is -2.54. The van der Waals surface area contributed by atoms with E-state index in [4.69, 9.17) is 0 Å². The topological polar surface area (TPSA) is 87.3 Å². The maximum absolute atomic E-state index is 13.4. The van der Waals surface area contributed by atoms with E-state index in [0.717, 1.165) is 11.8 Å². The van der Waals surface area contributed by atoms with Crippen molar-refractivity contribution >= 4 is 29.5 Å². The van der Waals surface area contributed by atoms with Gasteiger partial charge in [-0.25, -0.2) is 4.39 Å². The van der Waals surface area contributed by atoms with E-state index in [2.05, 4.69) is 16.2 Å². The minimum absolute atomic E-state index is 0.0479. The Balaban J connectivity index is 2.44. The first-order chi connectivity index (χ1) is 10.8. The first-order valence-corrected chi connectivity index (χ1v) is 8.03. The quantitative estimate of drug-likeness (QED) is 0.536. The number of halogens is 1. The molecule has 8 heteroatoms. The Labute approximate surface area is 138 Å². The highest BCUT2D eigenvalue weighted by Crippen LogP contribution is 2.20. The predicted molar refractivity (Wildman–Crippen MR) is 85.9 cm³/mol. The minimum atomic E-state index is -0.743. The van der Waals surface area contributed by atoms with E-state index in [1.54, 1.807) is 32.0 Å². The average molecular weight is 341 g/mol. The Kier molecular flexibility index (Phi) is 7.53. The van der Waals surface area contributed by atoms with Crippen LogP contribution in [0.1, 0.15) is 20.8 Å². The maximum Gasteiger partial charge on any atom is 0.261 e. The van der Waals surface area contributed by atoms with Crippen molar-refractivity contribution in [3.8, 4) is 0 Å². The number of thioether (sulfide) groups is 1. The second-order valence-corrected chi connectivity index (χ2v) is 6.20. The molecule has 0 fully saturated rings. The van der Waals surface area contributed by atoms with Crippen molar-refractivity contribution in [2.45, 2.75) is 31.7 Å². The van der Waals surface area contributed by atoms with Crippen LogP contribution in [0.2, 0.25) is 0 Å². The molecule has 0 aliphatic heterocycles. The zero-order valence-corrected chi connectivity index (χ0v) is 14.0. The highest BCUT2D eigenvalue weighted by atomic mass is 32.2. The van der Waals surface area contributed by atoms with Crippen LogP contribution < -0.4 is 16.2 Å². The van der Waals surface area contributed by atoms with Crippen molar-refractivity contribution < 1.29 is 18.8 Å². The van der Waals surface area contributed by atoms with E-state index in [-0.39, 0.29) is 17.6 Å². The number of carbonyl (C=O) groups excluding carboxylic acids is 3. The van der Waals surface area contributed by atoms with Crippen LogP contribution in [0.15, 0.2) is 29.2 Å². The molecule has 3 amide bonds. The molecule has 0 spiro atoms. The van der Waals surface area contributed by atoms with Crippen molar-refractivity contribution in [2.24, 2.45) is 5.92 Å². The summed E-state index contributed by atoms with van der Waals surface area (Å²) in [6.07, 6.45) is 0. The summed E-state index contributed by atoms with van der Waals surface area (Å²) in [5.41, 5.74) is 4.51. The molecule has 1 rings (SSSR count). The Hall–Kier alpha value is -2.09. The molecule has 1 aromatic rings. The molecule has 0 aliphatic rings. The molecular formula is C15H20FN3O3S. The molecule has 126 valence electrons. The summed E-state index contributed by atoms with van der Waals surface area (Å²) in [6.45, 7) is 4.86. The number of hydrogen-bond donors (Lipinski definition) is 3. The Morgan fingerprint density at radius 2 is 1.83 bits per heavy atom. The lowest BCUT2D eigenvalue weighted by atomic mass is 10.0. The molecule has 23 heavy (non-hydrogen) atoms. The number of amides is 3. The van der Waals surface area contributed by atoms with Crippen LogP contribution in [0, 0.1) is 11.7 Å². The maximum atomic E-state index is 13.4. The van der Waals surface area contributed by atoms with E-state index in [0.29, 0.717) is 4.90 Å².